The third-order valence-electron chi connectivity index (χ3n) is 5.62. The number of halogens is 5. The summed E-state index contributed by atoms with van der Waals surface area (Å²) in [6.07, 6.45) is -0.469. The maximum Gasteiger partial charge on any atom is 0.320 e. The standard InChI is InChI=1S/C22H24F5N3O3S/c1-4-34(32,33)28-20-18(30(12-22(20,26)27)21(31)29(2)3)10-13-6-5-7-17(19(13)25)14-8-15(23)11-16(24)9-14/h5-9,11,18,20,28H,4,10,12H2,1-3H3/t18-,20+/m0/s1. The summed E-state index contributed by atoms with van der Waals surface area (Å²) in [5.74, 6) is -6.86. The molecule has 0 spiro atoms. The largest absolute Gasteiger partial charge is 0.331 e. The van der Waals surface area contributed by atoms with Crippen LogP contribution in [-0.4, -0.2) is 68.6 Å². The van der Waals surface area contributed by atoms with Crippen LogP contribution < -0.4 is 4.72 Å². The van der Waals surface area contributed by atoms with Gasteiger partial charge in [-0.3, -0.25) is 0 Å². The number of hydrogen-bond acceptors (Lipinski definition) is 3. The van der Waals surface area contributed by atoms with E-state index >= 15 is 4.39 Å². The van der Waals surface area contributed by atoms with Gasteiger partial charge in [-0.2, -0.15) is 0 Å². The molecular formula is C22H24F5N3O3S. The predicted octanol–water partition coefficient (Wildman–Crippen LogP) is 3.62. The molecule has 2 aromatic carbocycles. The molecule has 2 amide bonds. The van der Waals surface area contributed by atoms with Crippen LogP contribution >= 0.6 is 0 Å². The van der Waals surface area contributed by atoms with Crippen LogP contribution in [0.25, 0.3) is 11.1 Å². The lowest BCUT2D eigenvalue weighted by molar-refractivity contribution is -0.00498. The number of sulfonamides is 1. The molecule has 2 aromatic rings. The highest BCUT2D eigenvalue weighted by molar-refractivity contribution is 7.89. The van der Waals surface area contributed by atoms with Gasteiger partial charge in [0, 0.05) is 25.7 Å². The van der Waals surface area contributed by atoms with Crippen LogP contribution in [-0.2, 0) is 16.4 Å². The van der Waals surface area contributed by atoms with Gasteiger partial charge in [0.05, 0.1) is 18.3 Å². The Morgan fingerprint density at radius 2 is 1.76 bits per heavy atom. The highest BCUT2D eigenvalue weighted by Gasteiger charge is 2.57. The molecule has 1 saturated heterocycles. The molecule has 186 valence electrons. The second-order valence-electron chi connectivity index (χ2n) is 8.27. The lowest BCUT2D eigenvalue weighted by Crippen LogP contribution is -2.53. The summed E-state index contributed by atoms with van der Waals surface area (Å²) in [4.78, 5) is 14.5. The Morgan fingerprint density at radius 1 is 1.15 bits per heavy atom. The van der Waals surface area contributed by atoms with Crippen LogP contribution in [0.2, 0.25) is 0 Å². The van der Waals surface area contributed by atoms with Crippen LogP contribution in [0.4, 0.5) is 26.7 Å². The molecule has 1 aliphatic heterocycles. The molecule has 12 heteroatoms. The fraction of sp³-hybridized carbons (Fsp3) is 0.409. The first-order chi connectivity index (χ1) is 15.8. The number of alkyl halides is 2. The zero-order valence-corrected chi connectivity index (χ0v) is 19.5. The molecule has 0 radical (unpaired) electrons. The minimum atomic E-state index is -4.10. The summed E-state index contributed by atoms with van der Waals surface area (Å²) in [5.41, 5.74) is -0.392. The SMILES string of the molecule is CCS(=O)(=O)N[C@@H]1[C@H](Cc2cccc(-c3cc(F)cc(F)c3)c2F)N(C(=O)N(C)C)CC1(F)F. The van der Waals surface area contributed by atoms with Crippen molar-refractivity contribution in [3.63, 3.8) is 0 Å². The van der Waals surface area contributed by atoms with E-state index in [9.17, 15) is 30.8 Å². The number of carbonyl (C=O) groups excluding carboxylic acids is 1. The average Bonchev–Trinajstić information content (AvgIpc) is 2.97. The Hall–Kier alpha value is -2.73. The zero-order chi connectivity index (χ0) is 25.4. The van der Waals surface area contributed by atoms with Gasteiger partial charge in [-0.1, -0.05) is 18.2 Å². The minimum absolute atomic E-state index is 0.0990. The second kappa shape index (κ2) is 9.49. The number of urea groups is 1. The first kappa shape index (κ1) is 25.9. The summed E-state index contributed by atoms with van der Waals surface area (Å²) in [5, 5.41) is 0. The van der Waals surface area contributed by atoms with E-state index in [2.05, 4.69) is 0 Å². The van der Waals surface area contributed by atoms with Crippen molar-refractivity contribution in [2.75, 3.05) is 26.4 Å². The lowest BCUT2D eigenvalue weighted by atomic mass is 9.95. The van der Waals surface area contributed by atoms with E-state index in [4.69, 9.17) is 0 Å². The van der Waals surface area contributed by atoms with Gasteiger partial charge in [-0.15, -0.1) is 0 Å². The van der Waals surface area contributed by atoms with Crippen LogP contribution in [0, 0.1) is 17.5 Å². The summed E-state index contributed by atoms with van der Waals surface area (Å²) >= 11 is 0. The maximum absolute atomic E-state index is 15.4. The number of hydrogen-bond donors (Lipinski definition) is 1. The van der Waals surface area contributed by atoms with Crippen LogP contribution in [0.5, 0.6) is 0 Å². The summed E-state index contributed by atoms with van der Waals surface area (Å²) in [7, 11) is -1.40. The number of carbonyl (C=O) groups is 1. The van der Waals surface area contributed by atoms with Gasteiger partial charge in [0.25, 0.3) is 5.92 Å². The quantitative estimate of drug-likeness (QED) is 0.610. The molecule has 0 aliphatic carbocycles. The Kier molecular flexibility index (Phi) is 7.23. The fourth-order valence-corrected chi connectivity index (χ4v) is 4.82. The van der Waals surface area contributed by atoms with Crippen LogP contribution in [0.15, 0.2) is 36.4 Å². The van der Waals surface area contributed by atoms with E-state index in [1.165, 1.54) is 39.2 Å². The average molecular weight is 506 g/mol. The highest BCUT2D eigenvalue weighted by Crippen LogP contribution is 2.36. The zero-order valence-electron chi connectivity index (χ0n) is 18.7. The van der Waals surface area contributed by atoms with Crippen molar-refractivity contribution in [2.24, 2.45) is 0 Å². The molecule has 1 N–H and O–H groups in total. The van der Waals surface area contributed by atoms with E-state index in [1.807, 2.05) is 4.72 Å². The third-order valence-corrected chi connectivity index (χ3v) is 6.99. The molecule has 34 heavy (non-hydrogen) atoms. The molecule has 2 atom stereocenters. The summed E-state index contributed by atoms with van der Waals surface area (Å²) < 4.78 is 98.7. The number of amides is 2. The van der Waals surface area contributed by atoms with E-state index < -0.39 is 70.2 Å². The monoisotopic (exact) mass is 505 g/mol. The Labute approximate surface area is 194 Å². The molecular weight excluding hydrogens is 481 g/mol. The van der Waals surface area contributed by atoms with Gasteiger partial charge in [0.1, 0.15) is 23.5 Å². The third kappa shape index (κ3) is 5.33. The molecule has 0 aromatic heterocycles. The number of rotatable bonds is 6. The molecule has 6 nitrogen and oxygen atoms in total. The van der Waals surface area contributed by atoms with Crippen molar-refractivity contribution in [2.45, 2.75) is 31.4 Å². The van der Waals surface area contributed by atoms with E-state index in [-0.39, 0.29) is 16.7 Å². The van der Waals surface area contributed by atoms with E-state index in [0.29, 0.717) is 6.07 Å². The fourth-order valence-electron chi connectivity index (χ4n) is 3.94. The van der Waals surface area contributed by atoms with Gasteiger partial charge in [0.15, 0.2) is 0 Å². The van der Waals surface area contributed by atoms with Crippen LogP contribution in [0.3, 0.4) is 0 Å². The molecule has 0 bridgehead atoms. The Bertz CT molecular complexity index is 1170. The lowest BCUT2D eigenvalue weighted by Gasteiger charge is -2.30. The van der Waals surface area contributed by atoms with Gasteiger partial charge < -0.3 is 9.80 Å². The van der Waals surface area contributed by atoms with Crippen molar-refractivity contribution in [3.8, 4) is 11.1 Å². The summed E-state index contributed by atoms with van der Waals surface area (Å²) in [6.45, 7) is 0.205. The number of likely N-dealkylation sites (tertiary alicyclic amines) is 1. The van der Waals surface area contributed by atoms with Gasteiger partial charge in [0.2, 0.25) is 10.0 Å². The topological polar surface area (TPSA) is 69.7 Å². The molecule has 1 heterocycles. The minimum Gasteiger partial charge on any atom is -0.331 e. The smallest absolute Gasteiger partial charge is 0.320 e. The van der Waals surface area contributed by atoms with E-state index in [0.717, 1.165) is 21.9 Å². The first-order valence-electron chi connectivity index (χ1n) is 10.4. The molecule has 1 fully saturated rings. The number of nitrogens with one attached hydrogen (secondary N) is 1. The number of benzene rings is 2. The van der Waals surface area contributed by atoms with Crippen molar-refractivity contribution in [1.29, 1.82) is 0 Å². The van der Waals surface area contributed by atoms with Crippen molar-refractivity contribution < 1.29 is 35.2 Å². The summed E-state index contributed by atoms with van der Waals surface area (Å²) in [6, 6.07) is 2.19. The number of nitrogens with zero attached hydrogens (tertiary/aromatic N) is 2. The van der Waals surface area contributed by atoms with Crippen LogP contribution in [0.1, 0.15) is 12.5 Å². The van der Waals surface area contributed by atoms with Crippen molar-refractivity contribution in [1.82, 2.24) is 14.5 Å². The Balaban J connectivity index is 2.06. The van der Waals surface area contributed by atoms with Gasteiger partial charge >= 0.3 is 6.03 Å². The Morgan fingerprint density at radius 3 is 2.32 bits per heavy atom. The first-order valence-corrected chi connectivity index (χ1v) is 12.0. The van der Waals surface area contributed by atoms with Crippen molar-refractivity contribution >= 4 is 16.1 Å². The van der Waals surface area contributed by atoms with Gasteiger partial charge in [-0.05, 0) is 36.6 Å². The van der Waals surface area contributed by atoms with E-state index in [1.54, 1.807) is 0 Å². The molecule has 0 unspecified atom stereocenters. The predicted molar refractivity (Wildman–Crippen MR) is 116 cm³/mol. The normalized spacial score (nSPS) is 19.9. The molecule has 3 rings (SSSR count). The van der Waals surface area contributed by atoms with Crippen molar-refractivity contribution in [3.05, 3.63) is 59.4 Å². The molecule has 1 aliphatic rings. The van der Waals surface area contributed by atoms with Gasteiger partial charge in [-0.25, -0.2) is 39.9 Å². The maximum atomic E-state index is 15.4. The highest BCUT2D eigenvalue weighted by atomic mass is 32.2. The molecule has 0 saturated carbocycles. The second-order valence-corrected chi connectivity index (χ2v) is 10.3.